The van der Waals surface area contributed by atoms with Crippen molar-refractivity contribution in [3.05, 3.63) is 47.5 Å². The van der Waals surface area contributed by atoms with Gasteiger partial charge < -0.3 is 5.11 Å². The van der Waals surface area contributed by atoms with Gasteiger partial charge in [-0.05, 0) is 24.4 Å². The number of hydrogen-bond donors (Lipinski definition) is 1. The highest BCUT2D eigenvalue weighted by atomic mass is 16.4. The molecule has 21 heavy (non-hydrogen) atoms. The SMILES string of the molecule is CC(CC(=O)O)N1C(=O)c2cccc3cccc(c23)C1=O. The van der Waals surface area contributed by atoms with Crippen LogP contribution in [-0.4, -0.2) is 33.8 Å². The highest BCUT2D eigenvalue weighted by molar-refractivity contribution is 6.25. The zero-order chi connectivity index (χ0) is 15.1. The number of carbonyl (C=O) groups is 3. The molecule has 2 aromatic rings. The second-order valence-electron chi connectivity index (χ2n) is 5.14. The maximum Gasteiger partial charge on any atom is 0.305 e. The molecule has 5 heteroatoms. The van der Waals surface area contributed by atoms with Crippen LogP contribution in [0, 0.1) is 0 Å². The highest BCUT2D eigenvalue weighted by Gasteiger charge is 2.36. The van der Waals surface area contributed by atoms with Crippen molar-refractivity contribution in [2.75, 3.05) is 0 Å². The fourth-order valence-electron chi connectivity index (χ4n) is 2.79. The summed E-state index contributed by atoms with van der Waals surface area (Å²) in [5.41, 5.74) is 0.889. The second-order valence-corrected chi connectivity index (χ2v) is 5.14. The Balaban J connectivity index is 2.17. The first-order valence-electron chi connectivity index (χ1n) is 6.62. The molecule has 0 saturated carbocycles. The number of nitrogens with zero attached hydrogens (tertiary/aromatic N) is 1. The normalized spacial score (nSPS) is 15.4. The van der Waals surface area contributed by atoms with Gasteiger partial charge in [-0.25, -0.2) is 0 Å². The van der Waals surface area contributed by atoms with E-state index in [-0.39, 0.29) is 6.42 Å². The van der Waals surface area contributed by atoms with Crippen LogP contribution in [0.15, 0.2) is 36.4 Å². The largest absolute Gasteiger partial charge is 0.481 e. The van der Waals surface area contributed by atoms with Crippen LogP contribution < -0.4 is 0 Å². The van der Waals surface area contributed by atoms with Crippen LogP contribution in [0.4, 0.5) is 0 Å². The Labute approximate surface area is 120 Å². The van der Waals surface area contributed by atoms with Crippen LogP contribution in [0.25, 0.3) is 10.8 Å². The number of hydrogen-bond acceptors (Lipinski definition) is 3. The molecule has 0 radical (unpaired) electrons. The first kappa shape index (κ1) is 13.3. The van der Waals surface area contributed by atoms with E-state index in [1.165, 1.54) is 0 Å². The Morgan fingerprint density at radius 3 is 2.10 bits per heavy atom. The molecule has 2 amide bonds. The summed E-state index contributed by atoms with van der Waals surface area (Å²) in [6.07, 6.45) is -0.268. The lowest BCUT2D eigenvalue weighted by Crippen LogP contribution is -2.46. The van der Waals surface area contributed by atoms with Crippen molar-refractivity contribution in [3.8, 4) is 0 Å². The molecule has 5 nitrogen and oxygen atoms in total. The van der Waals surface area contributed by atoms with Crippen molar-refractivity contribution in [3.63, 3.8) is 0 Å². The van der Waals surface area contributed by atoms with Gasteiger partial charge in [0, 0.05) is 22.6 Å². The number of amides is 2. The minimum atomic E-state index is -1.04. The Morgan fingerprint density at radius 2 is 1.62 bits per heavy atom. The van der Waals surface area contributed by atoms with Gasteiger partial charge in [-0.3, -0.25) is 19.3 Å². The molecule has 2 aromatic carbocycles. The van der Waals surface area contributed by atoms with Gasteiger partial charge in [-0.15, -0.1) is 0 Å². The first-order chi connectivity index (χ1) is 10.0. The van der Waals surface area contributed by atoms with Gasteiger partial charge in [0.15, 0.2) is 0 Å². The van der Waals surface area contributed by atoms with Crippen molar-refractivity contribution >= 4 is 28.6 Å². The summed E-state index contributed by atoms with van der Waals surface area (Å²) < 4.78 is 0. The molecule has 0 fully saturated rings. The van der Waals surface area contributed by atoms with Gasteiger partial charge in [-0.1, -0.05) is 24.3 Å². The summed E-state index contributed by atoms with van der Waals surface area (Å²) in [6, 6.07) is 9.86. The Bertz CT molecular complexity index is 730. The molecule has 0 saturated heterocycles. The zero-order valence-electron chi connectivity index (χ0n) is 11.4. The predicted molar refractivity (Wildman–Crippen MR) is 76.2 cm³/mol. The van der Waals surface area contributed by atoms with Crippen molar-refractivity contribution in [1.29, 1.82) is 0 Å². The van der Waals surface area contributed by atoms with E-state index < -0.39 is 23.8 Å². The minimum absolute atomic E-state index is 0.268. The molecule has 1 aliphatic rings. The average Bonchev–Trinajstić information content (AvgIpc) is 2.44. The molecule has 1 heterocycles. The van der Waals surface area contributed by atoms with Crippen LogP contribution in [0.5, 0.6) is 0 Å². The van der Waals surface area contributed by atoms with E-state index in [9.17, 15) is 14.4 Å². The second kappa shape index (κ2) is 4.70. The van der Waals surface area contributed by atoms with Gasteiger partial charge >= 0.3 is 5.97 Å². The lowest BCUT2D eigenvalue weighted by Gasteiger charge is -2.31. The van der Waals surface area contributed by atoms with Crippen LogP contribution in [0.1, 0.15) is 34.1 Å². The predicted octanol–water partition coefficient (Wildman–Crippen LogP) is 2.30. The Kier molecular flexibility index (Phi) is 2.97. The number of carboxylic acid groups (broad SMARTS) is 1. The third-order valence-electron chi connectivity index (χ3n) is 3.71. The lowest BCUT2D eigenvalue weighted by atomic mass is 9.93. The van der Waals surface area contributed by atoms with Crippen LogP contribution >= 0.6 is 0 Å². The van der Waals surface area contributed by atoms with Gasteiger partial charge in [0.05, 0.1) is 6.42 Å². The number of imide groups is 1. The summed E-state index contributed by atoms with van der Waals surface area (Å²) in [6.45, 7) is 1.57. The summed E-state index contributed by atoms with van der Waals surface area (Å²) in [4.78, 5) is 37.0. The first-order valence-corrected chi connectivity index (χ1v) is 6.62. The average molecular weight is 283 g/mol. The molecule has 0 bridgehead atoms. The highest BCUT2D eigenvalue weighted by Crippen LogP contribution is 2.31. The summed E-state index contributed by atoms with van der Waals surface area (Å²) in [5.74, 6) is -1.91. The molecule has 0 aliphatic carbocycles. The van der Waals surface area contributed by atoms with Crippen LogP contribution in [0.3, 0.4) is 0 Å². The molecule has 106 valence electrons. The van der Waals surface area contributed by atoms with Gasteiger partial charge in [-0.2, -0.15) is 0 Å². The van der Waals surface area contributed by atoms with Gasteiger partial charge in [0.2, 0.25) is 0 Å². The molecule has 1 atom stereocenters. The third-order valence-corrected chi connectivity index (χ3v) is 3.71. The smallest absolute Gasteiger partial charge is 0.305 e. The Hall–Kier alpha value is -2.69. The van der Waals surface area contributed by atoms with E-state index in [1.807, 2.05) is 12.1 Å². The molecule has 1 N–H and O–H groups in total. The van der Waals surface area contributed by atoms with Gasteiger partial charge in [0.25, 0.3) is 11.8 Å². The van der Waals surface area contributed by atoms with Gasteiger partial charge in [0.1, 0.15) is 0 Å². The molecule has 1 unspecified atom stereocenters. The standard InChI is InChI=1S/C16H13NO4/c1-9(8-13(18)19)17-15(20)11-6-2-4-10-5-3-7-12(14(10)11)16(17)21/h2-7,9H,8H2,1H3,(H,18,19). The molecule has 0 spiro atoms. The van der Waals surface area contributed by atoms with Crippen LogP contribution in [-0.2, 0) is 4.79 Å². The van der Waals surface area contributed by atoms with E-state index in [0.717, 1.165) is 10.3 Å². The fraction of sp³-hybridized carbons (Fsp3) is 0.188. The lowest BCUT2D eigenvalue weighted by molar-refractivity contribution is -0.137. The summed E-state index contributed by atoms with van der Waals surface area (Å²) >= 11 is 0. The van der Waals surface area contributed by atoms with E-state index in [4.69, 9.17) is 5.11 Å². The van der Waals surface area contributed by atoms with Crippen molar-refractivity contribution < 1.29 is 19.5 Å². The number of carboxylic acids is 1. The number of benzene rings is 2. The monoisotopic (exact) mass is 283 g/mol. The van der Waals surface area contributed by atoms with E-state index in [1.54, 1.807) is 31.2 Å². The minimum Gasteiger partial charge on any atom is -0.481 e. The van der Waals surface area contributed by atoms with Crippen molar-refractivity contribution in [2.24, 2.45) is 0 Å². The molecule has 1 aliphatic heterocycles. The van der Waals surface area contributed by atoms with Crippen molar-refractivity contribution in [1.82, 2.24) is 4.90 Å². The number of aliphatic carboxylic acids is 1. The summed E-state index contributed by atoms with van der Waals surface area (Å²) in [7, 11) is 0. The topological polar surface area (TPSA) is 74.7 Å². The molecular weight excluding hydrogens is 270 g/mol. The molecule has 3 rings (SSSR count). The zero-order valence-corrected chi connectivity index (χ0v) is 11.4. The summed E-state index contributed by atoms with van der Waals surface area (Å²) in [5, 5.41) is 10.4. The fourth-order valence-corrected chi connectivity index (χ4v) is 2.79. The van der Waals surface area contributed by atoms with E-state index in [2.05, 4.69) is 0 Å². The Morgan fingerprint density at radius 1 is 1.10 bits per heavy atom. The molecule has 0 aromatic heterocycles. The quantitative estimate of drug-likeness (QED) is 0.877. The van der Waals surface area contributed by atoms with E-state index >= 15 is 0 Å². The number of carbonyl (C=O) groups excluding carboxylic acids is 2. The number of rotatable bonds is 3. The van der Waals surface area contributed by atoms with Crippen LogP contribution in [0.2, 0.25) is 0 Å². The molecular formula is C16H13NO4. The third kappa shape index (κ3) is 1.98. The maximum absolute atomic E-state index is 12.5. The maximum atomic E-state index is 12.5. The van der Waals surface area contributed by atoms with E-state index in [0.29, 0.717) is 16.5 Å². The van der Waals surface area contributed by atoms with Crippen molar-refractivity contribution in [2.45, 2.75) is 19.4 Å².